The molecule has 1 fully saturated rings. The summed E-state index contributed by atoms with van der Waals surface area (Å²) in [7, 11) is -3.01. The maximum Gasteiger partial charge on any atom is 0.220 e. The van der Waals surface area contributed by atoms with Crippen LogP contribution in [-0.4, -0.2) is 38.0 Å². The monoisotopic (exact) mass is 367 g/mol. The number of amides is 1. The summed E-state index contributed by atoms with van der Waals surface area (Å²) < 4.78 is 28.8. The van der Waals surface area contributed by atoms with E-state index in [1.807, 2.05) is 12.1 Å². The number of hydrogen-bond donors (Lipinski definition) is 1. The summed E-state index contributed by atoms with van der Waals surface area (Å²) in [6, 6.07) is 8.02. The Morgan fingerprint density at radius 2 is 1.88 bits per heavy atom. The van der Waals surface area contributed by atoms with E-state index in [9.17, 15) is 13.2 Å². The molecule has 1 aliphatic heterocycles. The van der Waals surface area contributed by atoms with Crippen LogP contribution < -0.4 is 10.1 Å². The van der Waals surface area contributed by atoms with Crippen molar-refractivity contribution in [2.75, 3.05) is 18.1 Å². The van der Waals surface area contributed by atoms with E-state index < -0.39 is 15.4 Å². The number of carbonyl (C=O) groups is 1. The van der Waals surface area contributed by atoms with E-state index in [0.29, 0.717) is 25.9 Å². The number of hydrogen-bond acceptors (Lipinski definition) is 4. The molecule has 6 heteroatoms. The summed E-state index contributed by atoms with van der Waals surface area (Å²) in [5, 5.41) is 2.86. The molecule has 1 aromatic carbocycles. The van der Waals surface area contributed by atoms with Gasteiger partial charge in [0.1, 0.15) is 5.75 Å². The van der Waals surface area contributed by atoms with Crippen LogP contribution in [-0.2, 0) is 20.0 Å². The number of rotatable bonds is 6. The average molecular weight is 368 g/mol. The van der Waals surface area contributed by atoms with Crippen molar-refractivity contribution in [3.63, 3.8) is 0 Å². The van der Waals surface area contributed by atoms with Gasteiger partial charge in [-0.15, -0.1) is 0 Å². The highest BCUT2D eigenvalue weighted by molar-refractivity contribution is 7.91. The summed E-state index contributed by atoms with van der Waals surface area (Å²) in [6.45, 7) is 8.74. The molecule has 25 heavy (non-hydrogen) atoms. The fraction of sp³-hybridized carbons (Fsp3) is 0.632. The zero-order chi connectivity index (χ0) is 18.7. The van der Waals surface area contributed by atoms with Crippen molar-refractivity contribution >= 4 is 15.7 Å². The molecule has 1 N–H and O–H groups in total. The lowest BCUT2D eigenvalue weighted by atomic mass is 9.87. The van der Waals surface area contributed by atoms with E-state index in [2.05, 4.69) is 38.2 Å². The summed E-state index contributed by atoms with van der Waals surface area (Å²) in [4.78, 5) is 12.0. The summed E-state index contributed by atoms with van der Waals surface area (Å²) in [6.07, 6.45) is 1.41. The fourth-order valence-corrected chi connectivity index (χ4v) is 5.08. The number of sulfone groups is 1. The average Bonchev–Trinajstić information content (AvgIpc) is 2.76. The van der Waals surface area contributed by atoms with Crippen molar-refractivity contribution in [1.82, 2.24) is 5.32 Å². The number of carbonyl (C=O) groups excluding carboxylic acids is 1. The molecule has 1 amide bonds. The third-order valence-corrected chi connectivity index (χ3v) is 6.38. The molecule has 0 aliphatic carbocycles. The van der Waals surface area contributed by atoms with Crippen LogP contribution in [0.5, 0.6) is 5.75 Å². The van der Waals surface area contributed by atoms with Crippen LogP contribution >= 0.6 is 0 Å². The minimum atomic E-state index is -3.01. The van der Waals surface area contributed by atoms with Gasteiger partial charge in [0.25, 0.3) is 0 Å². The van der Waals surface area contributed by atoms with Gasteiger partial charge in [0.15, 0.2) is 9.84 Å². The second-order valence-corrected chi connectivity index (χ2v) is 10.4. The number of ether oxygens (including phenoxy) is 1. The van der Waals surface area contributed by atoms with E-state index in [1.165, 1.54) is 5.56 Å². The Kier molecular flexibility index (Phi) is 5.82. The maximum atomic E-state index is 12.0. The Morgan fingerprint density at radius 1 is 1.24 bits per heavy atom. The zero-order valence-electron chi connectivity index (χ0n) is 15.6. The largest absolute Gasteiger partial charge is 0.494 e. The zero-order valence-corrected chi connectivity index (χ0v) is 16.4. The summed E-state index contributed by atoms with van der Waals surface area (Å²) in [5.41, 5.74) is 0.735. The van der Waals surface area contributed by atoms with E-state index in [1.54, 1.807) is 6.92 Å². The highest BCUT2D eigenvalue weighted by Crippen LogP contribution is 2.25. The Bertz CT molecular complexity index is 704. The SMILES string of the molecule is CC(C)(C)c1ccc(OCCCC(=O)N[C@]2(C)CCS(=O)(=O)C2)cc1. The van der Waals surface area contributed by atoms with Gasteiger partial charge in [-0.05, 0) is 42.9 Å². The maximum absolute atomic E-state index is 12.0. The minimum absolute atomic E-state index is 0.0301. The lowest BCUT2D eigenvalue weighted by Gasteiger charge is -2.23. The molecule has 1 atom stereocenters. The van der Waals surface area contributed by atoms with E-state index in [-0.39, 0.29) is 22.8 Å². The Morgan fingerprint density at radius 3 is 2.40 bits per heavy atom. The Hall–Kier alpha value is -1.56. The van der Waals surface area contributed by atoms with Crippen molar-refractivity contribution in [3.8, 4) is 5.75 Å². The standard InChI is InChI=1S/C19H29NO4S/c1-18(2,3)15-7-9-16(10-8-15)24-12-5-6-17(21)20-19(4)11-13-25(22,23)14-19/h7-10H,5-6,11-14H2,1-4H3,(H,20,21)/t19-/m1/s1. The molecule has 1 saturated heterocycles. The van der Waals surface area contributed by atoms with Crippen LogP contribution in [0.15, 0.2) is 24.3 Å². The molecule has 0 aromatic heterocycles. The quantitative estimate of drug-likeness (QED) is 0.785. The van der Waals surface area contributed by atoms with Crippen LogP contribution in [0.1, 0.15) is 52.5 Å². The first-order valence-electron chi connectivity index (χ1n) is 8.74. The lowest BCUT2D eigenvalue weighted by Crippen LogP contribution is -2.46. The van der Waals surface area contributed by atoms with Crippen molar-refractivity contribution in [3.05, 3.63) is 29.8 Å². The summed E-state index contributed by atoms with van der Waals surface area (Å²) in [5.74, 6) is 0.855. The molecule has 0 saturated carbocycles. The molecule has 5 nitrogen and oxygen atoms in total. The molecule has 0 bridgehead atoms. The topological polar surface area (TPSA) is 72.5 Å². The highest BCUT2D eigenvalue weighted by atomic mass is 32.2. The van der Waals surface area contributed by atoms with Crippen molar-refractivity contribution < 1.29 is 17.9 Å². The fourth-order valence-electron chi connectivity index (χ4n) is 2.98. The number of nitrogens with one attached hydrogen (secondary N) is 1. The second-order valence-electron chi connectivity index (χ2n) is 8.18. The second kappa shape index (κ2) is 7.36. The molecule has 0 spiro atoms. The van der Waals surface area contributed by atoms with Gasteiger partial charge in [-0.1, -0.05) is 32.9 Å². The molecule has 140 valence electrons. The van der Waals surface area contributed by atoms with Gasteiger partial charge in [-0.3, -0.25) is 4.79 Å². The van der Waals surface area contributed by atoms with Gasteiger partial charge in [-0.25, -0.2) is 8.42 Å². The van der Waals surface area contributed by atoms with Crippen LogP contribution in [0.2, 0.25) is 0 Å². The van der Waals surface area contributed by atoms with Gasteiger partial charge in [0, 0.05) is 6.42 Å². The van der Waals surface area contributed by atoms with Gasteiger partial charge in [0.2, 0.25) is 5.91 Å². The molecular weight excluding hydrogens is 338 g/mol. The molecular formula is C19H29NO4S. The van der Waals surface area contributed by atoms with E-state index in [4.69, 9.17) is 4.74 Å². The normalized spacial score (nSPS) is 22.6. The third kappa shape index (κ3) is 6.03. The van der Waals surface area contributed by atoms with Crippen LogP contribution in [0.3, 0.4) is 0 Å². The van der Waals surface area contributed by atoms with E-state index >= 15 is 0 Å². The summed E-state index contributed by atoms with van der Waals surface area (Å²) >= 11 is 0. The minimum Gasteiger partial charge on any atom is -0.494 e. The Balaban J connectivity index is 1.71. The first-order chi connectivity index (χ1) is 11.5. The first kappa shape index (κ1) is 19.8. The molecule has 2 rings (SSSR count). The van der Waals surface area contributed by atoms with Crippen LogP contribution in [0.4, 0.5) is 0 Å². The smallest absolute Gasteiger partial charge is 0.220 e. The van der Waals surface area contributed by atoms with Crippen molar-refractivity contribution in [1.29, 1.82) is 0 Å². The predicted octanol–water partition coefficient (Wildman–Crippen LogP) is 2.84. The van der Waals surface area contributed by atoms with Gasteiger partial charge in [-0.2, -0.15) is 0 Å². The Labute approximate surface area is 151 Å². The molecule has 0 unspecified atom stereocenters. The van der Waals surface area contributed by atoms with Gasteiger partial charge >= 0.3 is 0 Å². The molecule has 1 aromatic rings. The van der Waals surface area contributed by atoms with Crippen LogP contribution in [0, 0.1) is 0 Å². The lowest BCUT2D eigenvalue weighted by molar-refractivity contribution is -0.122. The number of benzene rings is 1. The highest BCUT2D eigenvalue weighted by Gasteiger charge is 2.39. The van der Waals surface area contributed by atoms with E-state index in [0.717, 1.165) is 5.75 Å². The van der Waals surface area contributed by atoms with Gasteiger partial charge < -0.3 is 10.1 Å². The first-order valence-corrected chi connectivity index (χ1v) is 10.6. The van der Waals surface area contributed by atoms with Gasteiger partial charge in [0.05, 0.1) is 23.7 Å². The predicted molar refractivity (Wildman–Crippen MR) is 99.7 cm³/mol. The molecule has 1 aliphatic rings. The van der Waals surface area contributed by atoms with Crippen molar-refractivity contribution in [2.45, 2.75) is 57.9 Å². The third-order valence-electron chi connectivity index (χ3n) is 4.48. The molecule has 0 radical (unpaired) electrons. The van der Waals surface area contributed by atoms with Crippen LogP contribution in [0.25, 0.3) is 0 Å². The molecule has 1 heterocycles. The van der Waals surface area contributed by atoms with Crippen molar-refractivity contribution in [2.24, 2.45) is 0 Å².